The quantitative estimate of drug-likeness (QED) is 0.164. The molecule has 0 unspecified atom stereocenters. The van der Waals surface area contributed by atoms with Crippen LogP contribution >= 0.6 is 0 Å². The molecule has 2 aromatic heterocycles. The van der Waals surface area contributed by atoms with Gasteiger partial charge in [0.15, 0.2) is 5.82 Å². The maximum Gasteiger partial charge on any atom is 0.407 e. The molecule has 2 aliphatic carbocycles. The maximum absolute atomic E-state index is 14.4. The van der Waals surface area contributed by atoms with Crippen molar-refractivity contribution in [3.63, 3.8) is 0 Å². The van der Waals surface area contributed by atoms with Crippen molar-refractivity contribution in [2.75, 3.05) is 16.8 Å². The average Bonchev–Trinajstić information content (AvgIpc) is 3.74. The summed E-state index contributed by atoms with van der Waals surface area (Å²) in [5, 5.41) is 20.2. The minimum atomic E-state index is -0.955. The zero-order valence-electron chi connectivity index (χ0n) is 28.6. The number of H-pyrrole nitrogens is 1. The molecule has 0 bridgehead atoms. The molecule has 0 saturated heterocycles. The smallest absolute Gasteiger partial charge is 0.407 e. The van der Waals surface area contributed by atoms with Crippen molar-refractivity contribution >= 4 is 29.5 Å². The molecular formula is C36H44N10O4. The minimum Gasteiger partial charge on any atom is -0.444 e. The summed E-state index contributed by atoms with van der Waals surface area (Å²) < 4.78 is 5.37. The molecule has 2 aromatic carbocycles. The van der Waals surface area contributed by atoms with E-state index in [0.717, 1.165) is 47.9 Å². The van der Waals surface area contributed by atoms with Crippen molar-refractivity contribution in [2.45, 2.75) is 83.4 Å². The molecule has 3 amide bonds. The molecule has 4 aromatic rings. The van der Waals surface area contributed by atoms with Crippen LogP contribution in [0, 0.1) is 11.8 Å². The van der Waals surface area contributed by atoms with Crippen LogP contribution in [0.25, 0.3) is 22.5 Å². The van der Waals surface area contributed by atoms with Crippen molar-refractivity contribution in [3.05, 3.63) is 66.5 Å². The molecule has 50 heavy (non-hydrogen) atoms. The van der Waals surface area contributed by atoms with E-state index in [1.54, 1.807) is 41.6 Å². The van der Waals surface area contributed by atoms with Crippen LogP contribution in [-0.2, 0) is 20.7 Å². The highest BCUT2D eigenvalue weighted by molar-refractivity contribution is 6.01. The van der Waals surface area contributed by atoms with Gasteiger partial charge in [0, 0.05) is 54.1 Å². The predicted molar refractivity (Wildman–Crippen MR) is 188 cm³/mol. The Hall–Kier alpha value is -5.40. The number of nitrogens with two attached hydrogens (primary N) is 1. The second-order valence-corrected chi connectivity index (χ2v) is 14.1. The topological polar surface area (TPSA) is 194 Å². The molecule has 262 valence electrons. The normalized spacial score (nSPS) is 18.1. The molecule has 0 aliphatic heterocycles. The Morgan fingerprint density at radius 1 is 0.960 bits per heavy atom. The Kier molecular flexibility index (Phi) is 10.3. The van der Waals surface area contributed by atoms with Gasteiger partial charge in [-0.25, -0.2) is 19.9 Å². The number of hydrogen-bond acceptors (Lipinski definition) is 10. The second-order valence-electron chi connectivity index (χ2n) is 14.1. The fraction of sp³-hybridized carbons (Fsp3) is 0.444. The Morgan fingerprint density at radius 2 is 1.68 bits per heavy atom. The van der Waals surface area contributed by atoms with E-state index in [4.69, 9.17) is 10.5 Å². The van der Waals surface area contributed by atoms with Gasteiger partial charge in [0.2, 0.25) is 17.8 Å². The summed E-state index contributed by atoms with van der Waals surface area (Å²) in [6.07, 6.45) is 8.31. The molecule has 0 radical (unpaired) electrons. The van der Waals surface area contributed by atoms with Crippen LogP contribution < -0.4 is 21.3 Å². The van der Waals surface area contributed by atoms with Crippen LogP contribution in [0.5, 0.6) is 0 Å². The third-order valence-electron chi connectivity index (χ3n) is 9.02. The molecule has 1 atom stereocenters. The van der Waals surface area contributed by atoms with Gasteiger partial charge < -0.3 is 21.1 Å². The molecule has 6 rings (SSSR count). The molecule has 5 N–H and O–H groups in total. The lowest BCUT2D eigenvalue weighted by molar-refractivity contribution is -0.127. The van der Waals surface area contributed by atoms with Gasteiger partial charge in [-0.3, -0.25) is 14.5 Å². The summed E-state index contributed by atoms with van der Waals surface area (Å²) in [6, 6.07) is 14.5. The monoisotopic (exact) mass is 680 g/mol. The third kappa shape index (κ3) is 8.98. The van der Waals surface area contributed by atoms with Gasteiger partial charge in [0.05, 0.1) is 0 Å². The Morgan fingerprint density at radius 3 is 2.30 bits per heavy atom. The van der Waals surface area contributed by atoms with Gasteiger partial charge in [0.25, 0.3) is 0 Å². The van der Waals surface area contributed by atoms with E-state index < -0.39 is 23.6 Å². The Balaban J connectivity index is 1.20. The van der Waals surface area contributed by atoms with E-state index >= 15 is 0 Å². The largest absolute Gasteiger partial charge is 0.444 e. The number of benzene rings is 2. The summed E-state index contributed by atoms with van der Waals surface area (Å²) in [7, 11) is 0. The highest BCUT2D eigenvalue weighted by atomic mass is 16.6. The number of nitrogens with zero attached hydrogens (tertiary/aromatic N) is 6. The molecule has 2 heterocycles. The number of amides is 3. The summed E-state index contributed by atoms with van der Waals surface area (Å²) in [4.78, 5) is 50.4. The number of ether oxygens (including phenoxy) is 1. The first-order valence-corrected chi connectivity index (χ1v) is 17.1. The van der Waals surface area contributed by atoms with Crippen molar-refractivity contribution < 1.29 is 19.1 Å². The standard InChI is InChI=1S/C36H44N10O4/c1-36(2,3)50-35(49)40-19-22-7-9-25(10-8-22)33(48)46(29-15-11-24(12-16-29)32-42-44-45-43-32)30(31(37)47)18-23-5-4-6-26(17-23)27-20-38-34(39-21-27)41-28-13-14-28/h4-6,11-12,15-17,20-22,25,28,30H,7-10,13-14,18-19H2,1-3H3,(H2,37,47)(H,40,49)(H,38,39,41)(H,42,43,44,45)/t22-,25-,30-/m0/s1. The number of primary amides is 1. The van der Waals surface area contributed by atoms with Crippen LogP contribution in [0.2, 0.25) is 0 Å². The molecule has 14 heteroatoms. The summed E-state index contributed by atoms with van der Waals surface area (Å²) in [6.45, 7) is 5.95. The van der Waals surface area contributed by atoms with Crippen LogP contribution in [0.4, 0.5) is 16.4 Å². The second kappa shape index (κ2) is 15.0. The summed E-state index contributed by atoms with van der Waals surface area (Å²) >= 11 is 0. The molecule has 2 aliphatic rings. The first-order chi connectivity index (χ1) is 24.0. The number of tetrazole rings is 1. The Labute approximate surface area is 291 Å². The van der Waals surface area contributed by atoms with E-state index in [0.29, 0.717) is 42.9 Å². The number of aromatic nitrogens is 6. The zero-order chi connectivity index (χ0) is 35.3. The number of nitrogens with one attached hydrogen (secondary N) is 3. The lowest BCUT2D eigenvalue weighted by Crippen LogP contribution is -2.52. The first kappa shape index (κ1) is 34.5. The lowest BCUT2D eigenvalue weighted by Gasteiger charge is -2.36. The van der Waals surface area contributed by atoms with Crippen LogP contribution in [0.15, 0.2) is 60.9 Å². The zero-order valence-corrected chi connectivity index (χ0v) is 28.6. The highest BCUT2D eigenvalue weighted by Gasteiger charge is 2.36. The van der Waals surface area contributed by atoms with Crippen molar-refractivity contribution in [1.29, 1.82) is 0 Å². The molecular weight excluding hydrogens is 636 g/mol. The fourth-order valence-electron chi connectivity index (χ4n) is 6.26. The fourth-order valence-corrected chi connectivity index (χ4v) is 6.26. The van der Waals surface area contributed by atoms with E-state index in [2.05, 4.69) is 41.2 Å². The van der Waals surface area contributed by atoms with Crippen molar-refractivity contribution in [2.24, 2.45) is 17.6 Å². The van der Waals surface area contributed by atoms with Gasteiger partial charge >= 0.3 is 6.09 Å². The van der Waals surface area contributed by atoms with E-state index in [-0.39, 0.29) is 24.2 Å². The molecule has 14 nitrogen and oxygen atoms in total. The average molecular weight is 681 g/mol. The first-order valence-electron chi connectivity index (χ1n) is 17.1. The van der Waals surface area contributed by atoms with E-state index in [9.17, 15) is 14.4 Å². The number of rotatable bonds is 12. The number of carbonyl (C=O) groups is 3. The van der Waals surface area contributed by atoms with E-state index in [1.807, 2.05) is 45.0 Å². The Bertz CT molecular complexity index is 1760. The van der Waals surface area contributed by atoms with Crippen molar-refractivity contribution in [1.82, 2.24) is 35.9 Å². The lowest BCUT2D eigenvalue weighted by atomic mass is 9.81. The van der Waals surface area contributed by atoms with Gasteiger partial charge in [-0.1, -0.05) is 24.3 Å². The summed E-state index contributed by atoms with van der Waals surface area (Å²) in [5.41, 5.74) is 9.37. The molecule has 2 fully saturated rings. The highest BCUT2D eigenvalue weighted by Crippen LogP contribution is 2.33. The van der Waals surface area contributed by atoms with Gasteiger partial charge in [-0.2, -0.15) is 0 Å². The minimum absolute atomic E-state index is 0.162. The number of hydrogen-bond donors (Lipinski definition) is 4. The van der Waals surface area contributed by atoms with Gasteiger partial charge in [-0.15, -0.1) is 5.10 Å². The third-order valence-corrected chi connectivity index (χ3v) is 9.02. The van der Waals surface area contributed by atoms with Crippen LogP contribution in [-0.4, -0.2) is 72.7 Å². The SMILES string of the molecule is CC(C)(C)OC(=O)NC[C@H]1CC[C@H](C(=O)N(c2ccc(-c3nnn[nH]3)cc2)[C@@H](Cc2cccc(-c3cnc(NC4CC4)nc3)c2)C(N)=O)CC1. The summed E-state index contributed by atoms with van der Waals surface area (Å²) in [5.74, 6) is 0.211. The number of alkyl carbamates (subject to hydrolysis) is 1. The molecule has 2 saturated carbocycles. The van der Waals surface area contributed by atoms with Crippen LogP contribution in [0.1, 0.15) is 64.9 Å². The molecule has 0 spiro atoms. The van der Waals surface area contributed by atoms with Crippen molar-refractivity contribution in [3.8, 4) is 22.5 Å². The predicted octanol–water partition coefficient (Wildman–Crippen LogP) is 4.66. The van der Waals surface area contributed by atoms with Gasteiger partial charge in [-0.05, 0) is 111 Å². The van der Waals surface area contributed by atoms with Gasteiger partial charge in [0.1, 0.15) is 11.6 Å². The number of aromatic amines is 1. The van der Waals surface area contributed by atoms with Crippen LogP contribution in [0.3, 0.4) is 0 Å². The maximum atomic E-state index is 14.4. The van der Waals surface area contributed by atoms with E-state index in [1.165, 1.54) is 0 Å². The number of carbonyl (C=O) groups excluding carboxylic acids is 3. The number of anilines is 2.